The van der Waals surface area contributed by atoms with E-state index in [4.69, 9.17) is 4.74 Å². The number of hydrogen-bond acceptors (Lipinski definition) is 3. The van der Waals surface area contributed by atoms with Crippen molar-refractivity contribution in [2.24, 2.45) is 0 Å². The number of nitrogens with zero attached hydrogens (tertiary/aromatic N) is 1. The molecule has 1 aromatic carbocycles. The normalized spacial score (nSPS) is 10.5. The maximum atomic E-state index is 12.4. The van der Waals surface area contributed by atoms with Crippen molar-refractivity contribution < 1.29 is 9.53 Å². The van der Waals surface area contributed by atoms with E-state index >= 15 is 0 Å². The van der Waals surface area contributed by atoms with Crippen molar-refractivity contribution >= 4 is 6.29 Å². The molecule has 22 heavy (non-hydrogen) atoms. The number of carbonyl (C=O) groups excluding carboxylic acids is 1. The molecule has 0 saturated carbocycles. The van der Waals surface area contributed by atoms with Crippen LogP contribution in [0, 0.1) is 0 Å². The summed E-state index contributed by atoms with van der Waals surface area (Å²) in [6, 6.07) is 11.1. The van der Waals surface area contributed by atoms with Gasteiger partial charge in [0, 0.05) is 6.54 Å². The molecule has 1 heterocycles. The minimum Gasteiger partial charge on any atom is -0.494 e. The van der Waals surface area contributed by atoms with Crippen molar-refractivity contribution in [1.82, 2.24) is 4.57 Å². The predicted molar refractivity (Wildman–Crippen MR) is 87.6 cm³/mol. The molecule has 1 aromatic heterocycles. The average Bonchev–Trinajstić information content (AvgIpc) is 2.54. The van der Waals surface area contributed by atoms with Gasteiger partial charge in [0.05, 0.1) is 17.9 Å². The molecule has 0 aliphatic heterocycles. The zero-order chi connectivity index (χ0) is 15.9. The number of hydrogen-bond donors (Lipinski definition) is 0. The number of pyridine rings is 1. The molecule has 4 heteroatoms. The van der Waals surface area contributed by atoms with E-state index in [0.717, 1.165) is 29.8 Å². The van der Waals surface area contributed by atoms with Crippen molar-refractivity contribution in [3.63, 3.8) is 0 Å². The quantitative estimate of drug-likeness (QED) is 0.735. The third-order valence-electron chi connectivity index (χ3n) is 3.53. The van der Waals surface area contributed by atoms with Crippen LogP contribution in [0.25, 0.3) is 11.3 Å². The third kappa shape index (κ3) is 3.45. The smallest absolute Gasteiger partial charge is 0.261 e. The summed E-state index contributed by atoms with van der Waals surface area (Å²) in [5, 5.41) is 0. The number of unbranched alkanes of at least 4 members (excludes halogenated alkanes) is 1. The van der Waals surface area contributed by atoms with Gasteiger partial charge in [-0.3, -0.25) is 9.59 Å². The van der Waals surface area contributed by atoms with Gasteiger partial charge in [0.25, 0.3) is 5.56 Å². The van der Waals surface area contributed by atoms with Gasteiger partial charge in [0.2, 0.25) is 0 Å². The third-order valence-corrected chi connectivity index (χ3v) is 3.53. The Hall–Kier alpha value is -2.36. The highest BCUT2D eigenvalue weighted by molar-refractivity contribution is 5.75. The molecule has 0 saturated heterocycles. The Morgan fingerprint density at radius 2 is 1.82 bits per heavy atom. The molecular weight excluding hydrogens is 278 g/mol. The minimum atomic E-state index is -0.227. The van der Waals surface area contributed by atoms with E-state index in [1.54, 1.807) is 10.6 Å². The largest absolute Gasteiger partial charge is 0.494 e. The summed E-state index contributed by atoms with van der Waals surface area (Å²) in [5.74, 6) is 0.804. The van der Waals surface area contributed by atoms with Gasteiger partial charge in [-0.1, -0.05) is 13.3 Å². The van der Waals surface area contributed by atoms with Crippen LogP contribution in [0.2, 0.25) is 0 Å². The van der Waals surface area contributed by atoms with Gasteiger partial charge in [-0.25, -0.2) is 0 Å². The highest BCUT2D eigenvalue weighted by Gasteiger charge is 2.10. The highest BCUT2D eigenvalue weighted by Crippen LogP contribution is 2.22. The average molecular weight is 299 g/mol. The Balaban J connectivity index is 2.46. The number of aromatic nitrogens is 1. The molecule has 2 aromatic rings. The molecule has 0 unspecified atom stereocenters. The lowest BCUT2D eigenvalue weighted by molar-refractivity contribution is 0.112. The number of benzene rings is 1. The maximum Gasteiger partial charge on any atom is 0.261 e. The topological polar surface area (TPSA) is 48.3 Å². The van der Waals surface area contributed by atoms with Crippen LogP contribution in [0.1, 0.15) is 37.0 Å². The molecular formula is C18H21NO3. The molecule has 0 bridgehead atoms. The lowest BCUT2D eigenvalue weighted by Crippen LogP contribution is -2.25. The molecule has 0 spiro atoms. The molecule has 0 atom stereocenters. The minimum absolute atomic E-state index is 0.200. The van der Waals surface area contributed by atoms with E-state index < -0.39 is 0 Å². The van der Waals surface area contributed by atoms with Gasteiger partial charge in [0.15, 0.2) is 6.29 Å². The first-order valence-corrected chi connectivity index (χ1v) is 7.63. The summed E-state index contributed by atoms with van der Waals surface area (Å²) >= 11 is 0. The zero-order valence-corrected chi connectivity index (χ0v) is 13.0. The first kappa shape index (κ1) is 16.0. The van der Waals surface area contributed by atoms with Crippen LogP contribution >= 0.6 is 0 Å². The summed E-state index contributed by atoms with van der Waals surface area (Å²) in [4.78, 5) is 23.4. The fourth-order valence-corrected chi connectivity index (χ4v) is 2.36. The fourth-order valence-electron chi connectivity index (χ4n) is 2.36. The van der Waals surface area contributed by atoms with Crippen LogP contribution in [0.4, 0.5) is 0 Å². The second-order valence-corrected chi connectivity index (χ2v) is 5.06. The Morgan fingerprint density at radius 3 is 2.41 bits per heavy atom. The number of carbonyl (C=O) groups is 1. The Morgan fingerprint density at radius 1 is 1.09 bits per heavy atom. The molecule has 0 radical (unpaired) electrons. The fraction of sp³-hybridized carbons (Fsp3) is 0.333. The van der Waals surface area contributed by atoms with E-state index in [2.05, 4.69) is 6.92 Å². The van der Waals surface area contributed by atoms with Crippen LogP contribution in [-0.2, 0) is 6.54 Å². The Kier molecular flexibility index (Phi) is 5.53. The molecule has 0 fully saturated rings. The van der Waals surface area contributed by atoms with E-state index in [1.165, 1.54) is 0 Å². The van der Waals surface area contributed by atoms with Gasteiger partial charge in [0.1, 0.15) is 5.75 Å². The monoisotopic (exact) mass is 299 g/mol. The number of aldehydes is 1. The van der Waals surface area contributed by atoms with E-state index in [-0.39, 0.29) is 11.1 Å². The Bertz CT molecular complexity index is 686. The highest BCUT2D eigenvalue weighted by atomic mass is 16.5. The lowest BCUT2D eigenvalue weighted by atomic mass is 10.1. The molecule has 0 aliphatic rings. The Labute approximate surface area is 130 Å². The molecule has 4 nitrogen and oxygen atoms in total. The molecule has 0 N–H and O–H groups in total. The molecule has 2 rings (SSSR count). The van der Waals surface area contributed by atoms with Crippen molar-refractivity contribution in [3.8, 4) is 17.0 Å². The van der Waals surface area contributed by atoms with Gasteiger partial charge in [-0.05, 0) is 55.3 Å². The van der Waals surface area contributed by atoms with Crippen LogP contribution in [-0.4, -0.2) is 17.5 Å². The van der Waals surface area contributed by atoms with Gasteiger partial charge >= 0.3 is 0 Å². The molecule has 0 amide bonds. The number of rotatable bonds is 7. The van der Waals surface area contributed by atoms with E-state index in [9.17, 15) is 9.59 Å². The summed E-state index contributed by atoms with van der Waals surface area (Å²) in [6.45, 7) is 5.24. The SMILES string of the molecule is CCCCn1c(-c2ccc(OCC)cc2)ccc(C=O)c1=O. The second kappa shape index (κ2) is 7.59. The maximum absolute atomic E-state index is 12.4. The summed E-state index contributed by atoms with van der Waals surface area (Å²) in [7, 11) is 0. The summed E-state index contributed by atoms with van der Waals surface area (Å²) in [6.07, 6.45) is 2.50. The molecule has 116 valence electrons. The van der Waals surface area contributed by atoms with Crippen molar-refractivity contribution in [2.75, 3.05) is 6.61 Å². The van der Waals surface area contributed by atoms with Crippen molar-refractivity contribution in [3.05, 3.63) is 52.3 Å². The van der Waals surface area contributed by atoms with Crippen LogP contribution < -0.4 is 10.3 Å². The van der Waals surface area contributed by atoms with Crippen molar-refractivity contribution in [1.29, 1.82) is 0 Å². The first-order chi connectivity index (χ1) is 10.7. The van der Waals surface area contributed by atoms with Gasteiger partial charge in [-0.2, -0.15) is 0 Å². The standard InChI is InChI=1S/C18H21NO3/c1-3-5-12-19-17(11-8-15(13-20)18(19)21)14-6-9-16(10-7-14)22-4-2/h6-11,13H,3-5,12H2,1-2H3. The van der Waals surface area contributed by atoms with Gasteiger partial charge in [-0.15, -0.1) is 0 Å². The predicted octanol–water partition coefficient (Wildman–Crippen LogP) is 3.53. The van der Waals surface area contributed by atoms with Crippen LogP contribution in [0.15, 0.2) is 41.2 Å². The zero-order valence-electron chi connectivity index (χ0n) is 13.0. The molecule has 0 aliphatic carbocycles. The summed E-state index contributed by atoms with van der Waals surface area (Å²) < 4.78 is 7.12. The first-order valence-electron chi connectivity index (χ1n) is 7.63. The summed E-state index contributed by atoms with van der Waals surface area (Å²) in [5.41, 5.74) is 1.74. The van der Waals surface area contributed by atoms with E-state index in [1.807, 2.05) is 37.3 Å². The van der Waals surface area contributed by atoms with Gasteiger partial charge < -0.3 is 9.30 Å². The van der Waals surface area contributed by atoms with Crippen molar-refractivity contribution in [2.45, 2.75) is 33.2 Å². The second-order valence-electron chi connectivity index (χ2n) is 5.06. The van der Waals surface area contributed by atoms with Crippen LogP contribution in [0.5, 0.6) is 5.75 Å². The van der Waals surface area contributed by atoms with E-state index in [0.29, 0.717) is 19.4 Å². The van der Waals surface area contributed by atoms with Crippen LogP contribution in [0.3, 0.4) is 0 Å². The number of ether oxygens (including phenoxy) is 1. The lowest BCUT2D eigenvalue weighted by Gasteiger charge is -2.14.